The van der Waals surface area contributed by atoms with Gasteiger partial charge in [-0.3, -0.25) is 0 Å². The number of nitriles is 1. The summed E-state index contributed by atoms with van der Waals surface area (Å²) in [6, 6.07) is 6.79. The van der Waals surface area contributed by atoms with Crippen molar-refractivity contribution in [2.45, 2.75) is 32.2 Å². The van der Waals surface area contributed by atoms with Crippen LogP contribution in [0.25, 0.3) is 10.9 Å². The summed E-state index contributed by atoms with van der Waals surface area (Å²) in [5, 5.41) is 15.4. The highest BCUT2D eigenvalue weighted by Crippen LogP contribution is 2.26. The molecule has 5 nitrogen and oxygen atoms in total. The molecule has 1 fully saturated rings. The molecule has 1 saturated carbocycles. The Morgan fingerprint density at radius 1 is 1.48 bits per heavy atom. The smallest absolute Gasteiger partial charge is 0.315 e. The number of halogens is 1. The molecule has 3 N–H and O–H groups in total. The molecule has 3 rings (SSSR count). The quantitative estimate of drug-likeness (QED) is 0.811. The molecular formula is C17H19FN4O. The predicted octanol–water partition coefficient (Wildman–Crippen LogP) is 2.76. The van der Waals surface area contributed by atoms with Gasteiger partial charge in [0, 0.05) is 29.2 Å². The largest absolute Gasteiger partial charge is 0.358 e. The lowest BCUT2D eigenvalue weighted by Crippen LogP contribution is -2.48. The summed E-state index contributed by atoms with van der Waals surface area (Å²) in [7, 11) is 0. The molecule has 6 heteroatoms. The summed E-state index contributed by atoms with van der Waals surface area (Å²) in [6.07, 6.45) is 2.14. The van der Waals surface area contributed by atoms with Gasteiger partial charge >= 0.3 is 6.03 Å². The van der Waals surface area contributed by atoms with Crippen molar-refractivity contribution >= 4 is 16.9 Å². The molecule has 0 atom stereocenters. The van der Waals surface area contributed by atoms with Crippen LogP contribution >= 0.6 is 0 Å². The second-order valence-corrected chi connectivity index (χ2v) is 6.06. The fourth-order valence-corrected chi connectivity index (χ4v) is 3.06. The van der Waals surface area contributed by atoms with E-state index in [1.54, 1.807) is 6.07 Å². The van der Waals surface area contributed by atoms with Crippen molar-refractivity contribution in [3.8, 4) is 6.07 Å². The maximum absolute atomic E-state index is 13.2. The molecule has 23 heavy (non-hydrogen) atoms. The van der Waals surface area contributed by atoms with Crippen LogP contribution in [0.2, 0.25) is 0 Å². The van der Waals surface area contributed by atoms with Crippen molar-refractivity contribution in [2.75, 3.05) is 6.54 Å². The van der Waals surface area contributed by atoms with E-state index in [1.807, 2.05) is 6.92 Å². The lowest BCUT2D eigenvalue weighted by molar-refractivity contribution is 0.219. The van der Waals surface area contributed by atoms with Gasteiger partial charge in [-0.1, -0.05) is 0 Å². The molecule has 0 aliphatic heterocycles. The lowest BCUT2D eigenvalue weighted by Gasteiger charge is -2.31. The van der Waals surface area contributed by atoms with E-state index < -0.39 is 0 Å². The number of nitrogens with zero attached hydrogens (tertiary/aromatic N) is 1. The van der Waals surface area contributed by atoms with Crippen LogP contribution in [0.4, 0.5) is 9.18 Å². The van der Waals surface area contributed by atoms with E-state index in [-0.39, 0.29) is 23.8 Å². The van der Waals surface area contributed by atoms with Gasteiger partial charge in [-0.2, -0.15) is 5.26 Å². The number of carbonyl (C=O) groups is 1. The highest BCUT2D eigenvalue weighted by molar-refractivity contribution is 5.84. The molecule has 0 unspecified atom stereocenters. The zero-order valence-corrected chi connectivity index (χ0v) is 12.9. The highest BCUT2D eigenvalue weighted by atomic mass is 19.1. The second-order valence-electron chi connectivity index (χ2n) is 6.06. The van der Waals surface area contributed by atoms with Crippen LogP contribution in [-0.2, 0) is 6.42 Å². The van der Waals surface area contributed by atoms with Crippen LogP contribution in [0.5, 0.6) is 0 Å². The van der Waals surface area contributed by atoms with Crippen LogP contribution in [0.1, 0.15) is 24.1 Å². The summed E-state index contributed by atoms with van der Waals surface area (Å²) in [6.45, 7) is 2.45. The summed E-state index contributed by atoms with van der Waals surface area (Å²) in [5.41, 5.74) is 2.86. The Morgan fingerprint density at radius 3 is 3.00 bits per heavy atom. The van der Waals surface area contributed by atoms with Crippen molar-refractivity contribution in [3.05, 3.63) is 35.3 Å². The SMILES string of the molecule is Cc1[nH]c2cc(F)ccc2c1CCNC(=O)NC1CC(C#N)C1. The second kappa shape index (κ2) is 6.29. The third-order valence-corrected chi connectivity index (χ3v) is 4.40. The van der Waals surface area contributed by atoms with Gasteiger partial charge in [0.2, 0.25) is 0 Å². The van der Waals surface area contributed by atoms with Gasteiger partial charge in [0.05, 0.1) is 12.0 Å². The molecule has 2 amide bonds. The number of nitrogens with one attached hydrogen (secondary N) is 3. The number of aromatic amines is 1. The van der Waals surface area contributed by atoms with Gasteiger partial charge in [0.15, 0.2) is 0 Å². The average Bonchev–Trinajstić information content (AvgIpc) is 2.77. The van der Waals surface area contributed by atoms with Crippen LogP contribution in [0.15, 0.2) is 18.2 Å². The predicted molar refractivity (Wildman–Crippen MR) is 85.4 cm³/mol. The van der Waals surface area contributed by atoms with Gasteiger partial charge in [-0.15, -0.1) is 0 Å². The first-order valence-corrected chi connectivity index (χ1v) is 7.77. The highest BCUT2D eigenvalue weighted by Gasteiger charge is 2.29. The fourth-order valence-electron chi connectivity index (χ4n) is 3.06. The number of aromatic nitrogens is 1. The number of rotatable bonds is 4. The number of hydrogen-bond donors (Lipinski definition) is 3. The van der Waals surface area contributed by atoms with Crippen LogP contribution in [0, 0.1) is 30.0 Å². The molecule has 120 valence electrons. The molecule has 0 saturated heterocycles. The number of amides is 2. The number of H-pyrrole nitrogens is 1. The normalized spacial score (nSPS) is 19.9. The third-order valence-electron chi connectivity index (χ3n) is 4.40. The molecular weight excluding hydrogens is 295 g/mol. The van der Waals surface area contributed by atoms with E-state index in [9.17, 15) is 9.18 Å². The molecule has 0 spiro atoms. The van der Waals surface area contributed by atoms with Crippen molar-refractivity contribution < 1.29 is 9.18 Å². The Kier molecular flexibility index (Phi) is 4.20. The molecule has 1 aliphatic carbocycles. The first-order valence-electron chi connectivity index (χ1n) is 7.77. The molecule has 2 aromatic rings. The Labute approximate surface area is 133 Å². The summed E-state index contributed by atoms with van der Waals surface area (Å²) < 4.78 is 13.2. The molecule has 1 aromatic carbocycles. The maximum atomic E-state index is 13.2. The average molecular weight is 314 g/mol. The molecule has 1 heterocycles. The number of benzene rings is 1. The Bertz CT molecular complexity index is 771. The topological polar surface area (TPSA) is 80.7 Å². The monoisotopic (exact) mass is 314 g/mol. The van der Waals surface area contributed by atoms with E-state index in [4.69, 9.17) is 5.26 Å². The molecule has 1 aliphatic rings. The molecule has 0 radical (unpaired) electrons. The van der Waals surface area contributed by atoms with Gasteiger partial charge in [0.25, 0.3) is 0 Å². The van der Waals surface area contributed by atoms with E-state index in [0.717, 1.165) is 35.0 Å². The Morgan fingerprint density at radius 2 is 2.26 bits per heavy atom. The first-order chi connectivity index (χ1) is 11.1. The van der Waals surface area contributed by atoms with Crippen LogP contribution in [0.3, 0.4) is 0 Å². The molecule has 0 bridgehead atoms. The number of carbonyl (C=O) groups excluding carboxylic acids is 1. The Hall–Kier alpha value is -2.55. The first kappa shape index (κ1) is 15.3. The maximum Gasteiger partial charge on any atom is 0.315 e. The fraction of sp³-hybridized carbons (Fsp3) is 0.412. The van der Waals surface area contributed by atoms with Crippen LogP contribution < -0.4 is 10.6 Å². The number of aryl methyl sites for hydroxylation is 1. The van der Waals surface area contributed by atoms with Crippen molar-refractivity contribution in [3.63, 3.8) is 0 Å². The lowest BCUT2D eigenvalue weighted by atomic mass is 9.81. The number of urea groups is 1. The van der Waals surface area contributed by atoms with E-state index in [0.29, 0.717) is 13.0 Å². The number of hydrogen-bond acceptors (Lipinski definition) is 2. The third kappa shape index (κ3) is 3.29. The summed E-state index contributed by atoms with van der Waals surface area (Å²) in [5.74, 6) is -0.187. The summed E-state index contributed by atoms with van der Waals surface area (Å²) in [4.78, 5) is 15.0. The van der Waals surface area contributed by atoms with Gasteiger partial charge in [-0.05, 0) is 49.9 Å². The van der Waals surface area contributed by atoms with E-state index in [2.05, 4.69) is 21.7 Å². The summed E-state index contributed by atoms with van der Waals surface area (Å²) >= 11 is 0. The van der Waals surface area contributed by atoms with E-state index in [1.165, 1.54) is 12.1 Å². The zero-order chi connectivity index (χ0) is 16.4. The van der Waals surface area contributed by atoms with Crippen molar-refractivity contribution in [2.24, 2.45) is 5.92 Å². The molecule has 1 aromatic heterocycles. The van der Waals surface area contributed by atoms with Gasteiger partial charge in [0.1, 0.15) is 5.82 Å². The van der Waals surface area contributed by atoms with Crippen LogP contribution in [-0.4, -0.2) is 23.6 Å². The van der Waals surface area contributed by atoms with E-state index >= 15 is 0 Å². The minimum Gasteiger partial charge on any atom is -0.358 e. The minimum atomic E-state index is -0.265. The van der Waals surface area contributed by atoms with Crippen molar-refractivity contribution in [1.29, 1.82) is 5.26 Å². The zero-order valence-electron chi connectivity index (χ0n) is 12.9. The van der Waals surface area contributed by atoms with Gasteiger partial charge in [-0.25, -0.2) is 9.18 Å². The minimum absolute atomic E-state index is 0.0783. The Balaban J connectivity index is 1.52. The van der Waals surface area contributed by atoms with Gasteiger partial charge < -0.3 is 15.6 Å². The number of fused-ring (bicyclic) bond motifs is 1. The standard InChI is InChI=1S/C17H19FN4O/c1-10-14(15-3-2-12(18)8-16(15)21-10)4-5-20-17(23)22-13-6-11(7-13)9-19/h2-3,8,11,13,21H,4-7H2,1H3,(H2,20,22,23). The van der Waals surface area contributed by atoms with Crippen molar-refractivity contribution in [1.82, 2.24) is 15.6 Å².